The topological polar surface area (TPSA) is 72.5 Å². The van der Waals surface area contributed by atoms with Crippen LogP contribution in [-0.2, 0) is 19.1 Å². The molecule has 0 heterocycles. The lowest BCUT2D eigenvalue weighted by Gasteiger charge is -2.27. The Hall–Kier alpha value is -1.62. The second-order valence-electron chi connectivity index (χ2n) is 7.55. The Labute approximate surface area is 160 Å². The summed E-state index contributed by atoms with van der Waals surface area (Å²) in [4.78, 5) is 37.0. The van der Waals surface area contributed by atoms with Crippen molar-refractivity contribution in [2.24, 2.45) is 23.7 Å². The maximum Gasteiger partial charge on any atom is 0.333 e. The molecule has 1 unspecified atom stereocenters. The lowest BCUT2D eigenvalue weighted by molar-refractivity contribution is -0.136. The van der Waals surface area contributed by atoms with Crippen molar-refractivity contribution in [3.63, 3.8) is 0 Å². The highest BCUT2D eigenvalue weighted by Gasteiger charge is 2.46. The largest absolute Gasteiger partial charge is 0.466 e. The molecule has 1 amide bonds. The number of methoxy groups -OCH3 is 1. The number of nitrogens with one attached hydrogen (secondary N) is 1. The van der Waals surface area contributed by atoms with E-state index in [0.717, 1.165) is 18.4 Å². The first kappa shape index (κ1) is 20.7. The molecule has 0 radical (unpaired) electrons. The van der Waals surface area contributed by atoms with Crippen LogP contribution in [0.2, 0.25) is 0 Å². The van der Waals surface area contributed by atoms with Crippen molar-refractivity contribution >= 4 is 29.3 Å². The minimum absolute atomic E-state index is 0.0312. The lowest BCUT2D eigenvalue weighted by atomic mass is 9.83. The van der Waals surface area contributed by atoms with Gasteiger partial charge in [0.05, 0.1) is 13.2 Å². The zero-order chi connectivity index (χ0) is 19.6. The highest BCUT2D eigenvalue weighted by atomic mass is 35.5. The molecule has 2 aliphatic rings. The summed E-state index contributed by atoms with van der Waals surface area (Å²) >= 11 is 5.78. The molecule has 2 rings (SSSR count). The summed E-state index contributed by atoms with van der Waals surface area (Å²) in [6.45, 7) is 9.57. The van der Waals surface area contributed by atoms with Gasteiger partial charge in [-0.2, -0.15) is 0 Å². The number of fused-ring (bicyclic) bond motifs is 1. The highest BCUT2D eigenvalue weighted by Crippen LogP contribution is 2.45. The third kappa shape index (κ3) is 3.88. The van der Waals surface area contributed by atoms with Gasteiger partial charge in [0.1, 0.15) is 0 Å². The number of hydrogen-bond donors (Lipinski definition) is 1. The van der Waals surface area contributed by atoms with Crippen molar-refractivity contribution in [1.29, 1.82) is 0 Å². The number of amides is 1. The molecule has 1 fully saturated rings. The molecule has 0 aromatic carbocycles. The summed E-state index contributed by atoms with van der Waals surface area (Å²) in [6, 6.07) is -0.539. The smallest absolute Gasteiger partial charge is 0.333 e. The van der Waals surface area contributed by atoms with Gasteiger partial charge in [0, 0.05) is 23.3 Å². The Kier molecular flexibility index (Phi) is 6.67. The number of ketones is 1. The first-order valence-corrected chi connectivity index (χ1v) is 9.63. The fraction of sp³-hybridized carbons (Fsp3) is 0.650. The molecule has 26 heavy (non-hydrogen) atoms. The number of halogens is 1. The van der Waals surface area contributed by atoms with Crippen molar-refractivity contribution in [1.82, 2.24) is 5.32 Å². The molecule has 0 saturated heterocycles. The zero-order valence-electron chi connectivity index (χ0n) is 15.9. The molecule has 0 spiro atoms. The lowest BCUT2D eigenvalue weighted by Crippen LogP contribution is -2.47. The van der Waals surface area contributed by atoms with Crippen molar-refractivity contribution < 1.29 is 19.1 Å². The van der Waals surface area contributed by atoms with Crippen molar-refractivity contribution in [3.05, 3.63) is 23.3 Å². The standard InChI is InChI=1S/C20H28ClNO4/c1-10-6-7-14(12(3)20(25)26-5)8-15-13(4)18(23)17(16(10)15)22-19(24)11(2)9-21/h10-11,14,16-17H,3,6-9H2,1-2,4-5H3,(H,22,24)/t10-,11?,14+,16-,17-/m0/s1. The fourth-order valence-corrected chi connectivity index (χ4v) is 4.23. The average molecular weight is 382 g/mol. The summed E-state index contributed by atoms with van der Waals surface area (Å²) in [5.74, 6) is -0.610. The van der Waals surface area contributed by atoms with Gasteiger partial charge in [-0.15, -0.1) is 11.6 Å². The van der Waals surface area contributed by atoms with Crippen LogP contribution < -0.4 is 5.32 Å². The van der Waals surface area contributed by atoms with E-state index in [1.165, 1.54) is 7.11 Å². The van der Waals surface area contributed by atoms with Gasteiger partial charge in [0.15, 0.2) is 5.78 Å². The van der Waals surface area contributed by atoms with E-state index in [9.17, 15) is 14.4 Å². The number of hydrogen-bond acceptors (Lipinski definition) is 4. The molecule has 5 nitrogen and oxygen atoms in total. The fourth-order valence-electron chi connectivity index (χ4n) is 4.09. The van der Waals surface area contributed by atoms with Crippen molar-refractivity contribution in [2.75, 3.05) is 13.0 Å². The molecular formula is C20H28ClNO4. The normalized spacial score (nSPS) is 29.7. The second kappa shape index (κ2) is 8.38. The maximum absolute atomic E-state index is 12.8. The molecule has 6 heteroatoms. The van der Waals surface area contributed by atoms with E-state index in [-0.39, 0.29) is 41.2 Å². The average Bonchev–Trinajstić information content (AvgIpc) is 2.77. The Morgan fingerprint density at radius 1 is 1.38 bits per heavy atom. The molecule has 2 aliphatic carbocycles. The minimum atomic E-state index is -0.539. The number of esters is 1. The van der Waals surface area contributed by atoms with E-state index < -0.39 is 12.0 Å². The summed E-state index contributed by atoms with van der Waals surface area (Å²) in [5.41, 5.74) is 2.20. The molecule has 5 atom stereocenters. The predicted molar refractivity (Wildman–Crippen MR) is 101 cm³/mol. The van der Waals surface area contributed by atoms with Gasteiger partial charge in [-0.3, -0.25) is 9.59 Å². The van der Waals surface area contributed by atoms with E-state index in [1.807, 2.05) is 6.92 Å². The number of alkyl halides is 1. The van der Waals surface area contributed by atoms with Crippen LogP contribution >= 0.6 is 11.6 Å². The van der Waals surface area contributed by atoms with Gasteiger partial charge in [-0.1, -0.05) is 26.0 Å². The van der Waals surface area contributed by atoms with Gasteiger partial charge in [0.25, 0.3) is 0 Å². The van der Waals surface area contributed by atoms with Crippen LogP contribution in [0, 0.1) is 23.7 Å². The van der Waals surface area contributed by atoms with Crippen LogP contribution in [0.3, 0.4) is 0 Å². The van der Waals surface area contributed by atoms with Crippen LogP contribution in [-0.4, -0.2) is 36.7 Å². The van der Waals surface area contributed by atoms with Gasteiger partial charge >= 0.3 is 5.97 Å². The van der Waals surface area contributed by atoms with E-state index in [4.69, 9.17) is 16.3 Å². The Morgan fingerprint density at radius 3 is 2.62 bits per heavy atom. The molecule has 1 saturated carbocycles. The molecule has 0 aliphatic heterocycles. The van der Waals surface area contributed by atoms with E-state index in [2.05, 4.69) is 18.8 Å². The van der Waals surface area contributed by atoms with Gasteiger partial charge < -0.3 is 10.1 Å². The first-order valence-electron chi connectivity index (χ1n) is 9.10. The Morgan fingerprint density at radius 2 is 2.04 bits per heavy atom. The third-order valence-corrected chi connectivity index (χ3v) is 6.33. The van der Waals surface area contributed by atoms with E-state index >= 15 is 0 Å². The summed E-state index contributed by atoms with van der Waals surface area (Å²) in [6.07, 6.45) is 2.28. The number of ether oxygens (including phenoxy) is 1. The number of carbonyl (C=O) groups excluding carboxylic acids is 3. The van der Waals surface area contributed by atoms with Gasteiger partial charge in [-0.25, -0.2) is 4.79 Å². The van der Waals surface area contributed by atoms with Crippen LogP contribution in [0.25, 0.3) is 0 Å². The van der Waals surface area contributed by atoms with Crippen molar-refractivity contribution in [2.45, 2.75) is 46.1 Å². The van der Waals surface area contributed by atoms with Crippen LogP contribution in [0.5, 0.6) is 0 Å². The summed E-state index contributed by atoms with van der Waals surface area (Å²) < 4.78 is 4.81. The number of rotatable bonds is 5. The Balaban J connectivity index is 2.28. The first-order chi connectivity index (χ1) is 12.2. The summed E-state index contributed by atoms with van der Waals surface area (Å²) in [5, 5.41) is 2.92. The SMILES string of the molecule is C=C(C(=O)OC)[C@@H]1CC[C@H](C)[C@H]2C(=C(C)C(=O)[C@H]2NC(=O)C(C)CCl)C1. The third-order valence-electron chi connectivity index (χ3n) is 5.86. The van der Waals surface area contributed by atoms with E-state index in [1.54, 1.807) is 6.92 Å². The van der Waals surface area contributed by atoms with Crippen LogP contribution in [0.1, 0.15) is 40.0 Å². The van der Waals surface area contributed by atoms with Crippen molar-refractivity contribution in [3.8, 4) is 0 Å². The molecule has 0 aromatic heterocycles. The quantitative estimate of drug-likeness (QED) is 0.451. The molecule has 0 aromatic rings. The molecule has 1 N–H and O–H groups in total. The van der Waals surface area contributed by atoms with Gasteiger partial charge in [0.2, 0.25) is 5.91 Å². The highest BCUT2D eigenvalue weighted by molar-refractivity contribution is 6.19. The van der Waals surface area contributed by atoms with E-state index in [0.29, 0.717) is 17.6 Å². The zero-order valence-corrected chi connectivity index (χ0v) is 16.7. The number of carbonyl (C=O) groups is 3. The van der Waals surface area contributed by atoms with Crippen LogP contribution in [0.4, 0.5) is 0 Å². The maximum atomic E-state index is 12.8. The van der Waals surface area contributed by atoms with Crippen LogP contribution in [0.15, 0.2) is 23.3 Å². The molecule has 144 valence electrons. The predicted octanol–water partition coefficient (Wildman–Crippen LogP) is 3.03. The monoisotopic (exact) mass is 381 g/mol. The minimum Gasteiger partial charge on any atom is -0.466 e. The second-order valence-corrected chi connectivity index (χ2v) is 7.86. The molecular weight excluding hydrogens is 354 g/mol. The summed E-state index contributed by atoms with van der Waals surface area (Å²) in [7, 11) is 1.35. The Bertz CT molecular complexity index is 654. The van der Waals surface area contributed by atoms with Gasteiger partial charge in [-0.05, 0) is 43.6 Å². The molecule has 0 bridgehead atoms. The number of Topliss-reactive ketones (excluding diaryl/α,β-unsaturated/α-hetero) is 1.